The lowest BCUT2D eigenvalue weighted by atomic mass is 10.1. The number of ether oxygens (including phenoxy) is 3. The van der Waals surface area contributed by atoms with E-state index in [0.29, 0.717) is 19.3 Å². The number of unbranched alkanes of at least 4 members (excludes halogenated alkanes) is 11. The predicted octanol–water partition coefficient (Wildman–Crippen LogP) is 15.6. The van der Waals surface area contributed by atoms with Crippen molar-refractivity contribution in [3.63, 3.8) is 0 Å². The monoisotopic (exact) mass is 863 g/mol. The van der Waals surface area contributed by atoms with Gasteiger partial charge in [0, 0.05) is 19.3 Å². The average Bonchev–Trinajstić information content (AvgIpc) is 3.28. The van der Waals surface area contributed by atoms with Crippen LogP contribution in [0.1, 0.15) is 149 Å². The molecule has 0 radical (unpaired) electrons. The van der Waals surface area contributed by atoms with Crippen LogP contribution in [0.25, 0.3) is 0 Å². The molecule has 6 heteroatoms. The van der Waals surface area contributed by atoms with E-state index in [9.17, 15) is 14.4 Å². The fraction of sp³-hybridized carbons (Fsp3) is 0.456. The Bertz CT molecular complexity index is 1550. The van der Waals surface area contributed by atoms with Crippen LogP contribution in [0.4, 0.5) is 0 Å². The largest absolute Gasteiger partial charge is 0.462 e. The van der Waals surface area contributed by atoms with E-state index < -0.39 is 6.10 Å². The molecule has 0 aliphatic carbocycles. The Morgan fingerprint density at radius 2 is 0.571 bits per heavy atom. The highest BCUT2D eigenvalue weighted by Crippen LogP contribution is 2.11. The molecule has 0 rings (SSSR count). The quantitative estimate of drug-likeness (QED) is 0.0265. The van der Waals surface area contributed by atoms with Crippen LogP contribution in [0, 0.1) is 0 Å². The summed E-state index contributed by atoms with van der Waals surface area (Å²) in [5, 5.41) is 0. The maximum absolute atomic E-state index is 12.7. The molecule has 0 amide bonds. The molecule has 1 atom stereocenters. The summed E-state index contributed by atoms with van der Waals surface area (Å²) in [5.41, 5.74) is 0. The van der Waals surface area contributed by atoms with Gasteiger partial charge in [0.25, 0.3) is 0 Å². The molecule has 1 unspecified atom stereocenters. The van der Waals surface area contributed by atoms with E-state index in [0.717, 1.165) is 96.3 Å². The lowest BCUT2D eigenvalue weighted by Gasteiger charge is -2.18. The minimum atomic E-state index is -0.835. The first kappa shape index (κ1) is 57.8. The van der Waals surface area contributed by atoms with Gasteiger partial charge in [-0.3, -0.25) is 14.4 Å². The first-order valence-electron chi connectivity index (χ1n) is 23.8. The molecule has 0 saturated carbocycles. The Hall–Kier alpha value is -5.23. The van der Waals surface area contributed by atoms with Crippen LogP contribution >= 0.6 is 0 Å². The van der Waals surface area contributed by atoms with Crippen LogP contribution in [0.2, 0.25) is 0 Å². The number of rotatable bonds is 39. The van der Waals surface area contributed by atoms with Crippen LogP contribution in [-0.2, 0) is 28.6 Å². The Kier molecular flexibility index (Phi) is 45.3. The van der Waals surface area contributed by atoms with Crippen LogP contribution < -0.4 is 0 Å². The van der Waals surface area contributed by atoms with Gasteiger partial charge in [0.15, 0.2) is 6.10 Å². The van der Waals surface area contributed by atoms with Crippen molar-refractivity contribution < 1.29 is 28.6 Å². The zero-order chi connectivity index (χ0) is 45.8. The number of carbonyl (C=O) groups excluding carboxylic acids is 3. The lowest BCUT2D eigenvalue weighted by molar-refractivity contribution is -0.167. The van der Waals surface area contributed by atoms with E-state index in [-0.39, 0.29) is 44.0 Å². The first-order valence-corrected chi connectivity index (χ1v) is 23.8. The second kappa shape index (κ2) is 49.4. The summed E-state index contributed by atoms with van der Waals surface area (Å²) in [6, 6.07) is 0. The molecule has 6 nitrogen and oxygen atoms in total. The third-order valence-corrected chi connectivity index (χ3v) is 9.05. The summed E-state index contributed by atoms with van der Waals surface area (Å²) in [6.07, 6.45) is 73.3. The standard InChI is InChI=1S/C57H82O6/c1-4-7-10-13-16-19-22-25-26-27-28-29-30-33-35-38-41-44-47-50-56(59)62-53-54(63-57(60)51-48-45-42-39-36-32-24-21-18-15-12-9-6-3)52-61-55(58)49-46-43-40-37-34-31-23-20-17-14-11-8-5-2/h7-30,32-33,35-36,54H,4-6,31,34,37-53H2,1-3H3/b10-7+,11-8+,12-9+,16-13+,17-14+,18-15+,22-19+,23-20+,24-21+,26-25+,28-27+,30-29+,35-33+,36-32+. The fourth-order valence-corrected chi connectivity index (χ4v) is 5.55. The molecule has 0 heterocycles. The van der Waals surface area contributed by atoms with E-state index >= 15 is 0 Å². The topological polar surface area (TPSA) is 78.9 Å². The number of hydrogen-bond donors (Lipinski definition) is 0. The third-order valence-electron chi connectivity index (χ3n) is 9.05. The Labute approximate surface area is 383 Å². The van der Waals surface area contributed by atoms with E-state index in [1.807, 2.05) is 115 Å². The molecule has 0 spiro atoms. The number of hydrogen-bond acceptors (Lipinski definition) is 6. The molecule has 0 aliphatic rings. The second-order valence-electron chi connectivity index (χ2n) is 14.9. The van der Waals surface area contributed by atoms with Crippen molar-refractivity contribution in [2.45, 2.75) is 155 Å². The van der Waals surface area contributed by atoms with Crippen molar-refractivity contribution in [2.75, 3.05) is 13.2 Å². The van der Waals surface area contributed by atoms with Gasteiger partial charge in [-0.1, -0.05) is 223 Å². The van der Waals surface area contributed by atoms with Gasteiger partial charge in [0.05, 0.1) is 0 Å². The summed E-state index contributed by atoms with van der Waals surface area (Å²) < 4.78 is 16.7. The maximum atomic E-state index is 12.7. The zero-order valence-corrected chi connectivity index (χ0v) is 39.2. The van der Waals surface area contributed by atoms with Crippen molar-refractivity contribution in [2.24, 2.45) is 0 Å². The fourth-order valence-electron chi connectivity index (χ4n) is 5.55. The lowest BCUT2D eigenvalue weighted by Crippen LogP contribution is -2.30. The van der Waals surface area contributed by atoms with Crippen molar-refractivity contribution in [1.29, 1.82) is 0 Å². The van der Waals surface area contributed by atoms with Gasteiger partial charge in [-0.2, -0.15) is 0 Å². The summed E-state index contributed by atoms with van der Waals surface area (Å²) in [5.74, 6) is -1.06. The van der Waals surface area contributed by atoms with Crippen molar-refractivity contribution >= 4 is 17.9 Å². The molecular weight excluding hydrogens is 781 g/mol. The van der Waals surface area contributed by atoms with Crippen LogP contribution in [0.15, 0.2) is 170 Å². The smallest absolute Gasteiger partial charge is 0.306 e. The number of esters is 3. The molecule has 63 heavy (non-hydrogen) atoms. The van der Waals surface area contributed by atoms with E-state index in [1.165, 1.54) is 0 Å². The predicted molar refractivity (Wildman–Crippen MR) is 269 cm³/mol. The summed E-state index contributed by atoms with van der Waals surface area (Å²) in [4.78, 5) is 37.9. The van der Waals surface area contributed by atoms with Gasteiger partial charge in [-0.15, -0.1) is 0 Å². The van der Waals surface area contributed by atoms with Crippen LogP contribution in [-0.4, -0.2) is 37.2 Å². The van der Waals surface area contributed by atoms with Gasteiger partial charge >= 0.3 is 17.9 Å². The number of allylic oxidation sites excluding steroid dienone is 28. The highest BCUT2D eigenvalue weighted by atomic mass is 16.6. The molecule has 0 N–H and O–H groups in total. The highest BCUT2D eigenvalue weighted by molar-refractivity contribution is 5.71. The van der Waals surface area contributed by atoms with E-state index in [2.05, 4.69) is 75.5 Å². The zero-order valence-electron chi connectivity index (χ0n) is 39.2. The minimum Gasteiger partial charge on any atom is -0.462 e. The van der Waals surface area contributed by atoms with Gasteiger partial charge in [-0.05, 0) is 77.0 Å². The van der Waals surface area contributed by atoms with Gasteiger partial charge < -0.3 is 14.2 Å². The second-order valence-corrected chi connectivity index (χ2v) is 14.9. The van der Waals surface area contributed by atoms with Crippen LogP contribution in [0.3, 0.4) is 0 Å². The van der Waals surface area contributed by atoms with E-state index in [1.54, 1.807) is 0 Å². The molecule has 0 aromatic rings. The molecule has 0 bridgehead atoms. The molecule has 0 fully saturated rings. The molecule has 346 valence electrons. The molecule has 0 aromatic heterocycles. The Balaban J connectivity index is 4.62. The summed E-state index contributed by atoms with van der Waals surface area (Å²) in [7, 11) is 0. The number of carbonyl (C=O) groups is 3. The Morgan fingerprint density at radius 1 is 0.317 bits per heavy atom. The van der Waals surface area contributed by atoms with Gasteiger partial charge in [0.2, 0.25) is 0 Å². The van der Waals surface area contributed by atoms with Crippen molar-refractivity contribution in [3.8, 4) is 0 Å². The van der Waals surface area contributed by atoms with Gasteiger partial charge in [0.1, 0.15) is 13.2 Å². The van der Waals surface area contributed by atoms with Crippen LogP contribution in [0.5, 0.6) is 0 Å². The SMILES string of the molecule is CC/C=C/C=C/C=C/C=C/C=C/C=C/C=C/CCCCCC(=O)OCC(COC(=O)CCCCCCC/C=C/C=C/C=C/CC)OC(=O)CCCCC/C=C/C=C/C=C/C=C/CC. The third kappa shape index (κ3) is 47.7. The van der Waals surface area contributed by atoms with Crippen molar-refractivity contribution in [3.05, 3.63) is 170 Å². The van der Waals surface area contributed by atoms with Crippen molar-refractivity contribution in [1.82, 2.24) is 0 Å². The summed E-state index contributed by atoms with van der Waals surface area (Å²) >= 11 is 0. The molecule has 0 aliphatic heterocycles. The molecule has 0 saturated heterocycles. The maximum Gasteiger partial charge on any atom is 0.306 e. The highest BCUT2D eigenvalue weighted by Gasteiger charge is 2.19. The average molecular weight is 863 g/mol. The minimum absolute atomic E-state index is 0.130. The first-order chi connectivity index (χ1) is 31.0. The normalized spacial score (nSPS) is 13.6. The van der Waals surface area contributed by atoms with Gasteiger partial charge in [-0.25, -0.2) is 0 Å². The molecule has 0 aromatic carbocycles. The van der Waals surface area contributed by atoms with E-state index in [4.69, 9.17) is 14.2 Å². The molecular formula is C57H82O6. The Morgan fingerprint density at radius 3 is 0.905 bits per heavy atom. The summed E-state index contributed by atoms with van der Waals surface area (Å²) in [6.45, 7) is 6.08.